The van der Waals surface area contributed by atoms with E-state index in [1.807, 2.05) is 0 Å². The maximum absolute atomic E-state index is 10.6. The third-order valence-corrected chi connectivity index (χ3v) is 4.50. The number of morpholine rings is 1. The Bertz CT molecular complexity index is 408. The summed E-state index contributed by atoms with van der Waals surface area (Å²) in [7, 11) is 0. The number of ether oxygens (including phenoxy) is 1. The monoisotopic (exact) mass is 277 g/mol. The second kappa shape index (κ2) is 6.70. The van der Waals surface area contributed by atoms with Gasteiger partial charge in [-0.1, -0.05) is 31.2 Å². The summed E-state index contributed by atoms with van der Waals surface area (Å²) in [6.07, 6.45) is 1.39. The van der Waals surface area contributed by atoms with Crippen LogP contribution in [0.4, 0.5) is 0 Å². The zero-order valence-electron chi connectivity index (χ0n) is 12.9. The first-order valence-corrected chi connectivity index (χ1v) is 7.62. The Labute approximate surface area is 122 Å². The highest BCUT2D eigenvalue weighted by Crippen LogP contribution is 2.23. The highest BCUT2D eigenvalue weighted by atomic mass is 16.5. The van der Waals surface area contributed by atoms with Crippen molar-refractivity contribution < 1.29 is 9.84 Å². The van der Waals surface area contributed by atoms with Crippen molar-refractivity contribution in [2.45, 2.75) is 45.3 Å². The molecule has 1 atom stereocenters. The largest absolute Gasteiger partial charge is 0.391 e. The topological polar surface area (TPSA) is 32.7 Å². The first-order chi connectivity index (χ1) is 9.54. The van der Waals surface area contributed by atoms with E-state index in [1.165, 1.54) is 11.1 Å². The number of benzene rings is 1. The molecule has 1 fully saturated rings. The molecule has 2 rings (SSSR count). The lowest BCUT2D eigenvalue weighted by Crippen LogP contribution is -2.56. The Morgan fingerprint density at radius 3 is 2.25 bits per heavy atom. The molecular weight excluding hydrogens is 250 g/mol. The van der Waals surface area contributed by atoms with E-state index in [4.69, 9.17) is 4.74 Å². The van der Waals surface area contributed by atoms with E-state index < -0.39 is 0 Å². The van der Waals surface area contributed by atoms with Crippen LogP contribution in [0, 0.1) is 0 Å². The molecular formula is C17H27NO2. The Kier molecular flexibility index (Phi) is 5.19. The van der Waals surface area contributed by atoms with Gasteiger partial charge in [-0.15, -0.1) is 0 Å². The van der Waals surface area contributed by atoms with E-state index in [9.17, 15) is 5.11 Å². The number of hydrogen-bond acceptors (Lipinski definition) is 3. The molecule has 0 aromatic heterocycles. The summed E-state index contributed by atoms with van der Waals surface area (Å²) >= 11 is 0. The zero-order chi connectivity index (χ0) is 14.6. The Hall–Kier alpha value is -0.900. The molecule has 20 heavy (non-hydrogen) atoms. The van der Waals surface area contributed by atoms with Gasteiger partial charge in [0, 0.05) is 25.0 Å². The molecule has 1 N–H and O–H groups in total. The molecule has 1 unspecified atom stereocenters. The summed E-state index contributed by atoms with van der Waals surface area (Å²) in [5, 5.41) is 10.6. The summed E-state index contributed by atoms with van der Waals surface area (Å²) < 4.78 is 5.40. The van der Waals surface area contributed by atoms with E-state index in [1.54, 1.807) is 0 Å². The van der Waals surface area contributed by atoms with Gasteiger partial charge in [0.05, 0.1) is 19.3 Å². The maximum Gasteiger partial charge on any atom is 0.0758 e. The van der Waals surface area contributed by atoms with Gasteiger partial charge in [-0.2, -0.15) is 0 Å². The molecule has 0 spiro atoms. The predicted molar refractivity (Wildman–Crippen MR) is 82.0 cm³/mol. The van der Waals surface area contributed by atoms with Crippen LogP contribution in [0.15, 0.2) is 24.3 Å². The lowest BCUT2D eigenvalue weighted by molar-refractivity contribution is -0.0612. The Morgan fingerprint density at radius 2 is 1.70 bits per heavy atom. The molecule has 1 saturated heterocycles. The molecule has 0 saturated carbocycles. The smallest absolute Gasteiger partial charge is 0.0758 e. The van der Waals surface area contributed by atoms with Gasteiger partial charge in [-0.3, -0.25) is 4.90 Å². The van der Waals surface area contributed by atoms with Crippen LogP contribution in [0.1, 0.15) is 31.9 Å². The molecule has 0 radical (unpaired) electrons. The van der Waals surface area contributed by atoms with Crippen molar-refractivity contribution in [3.63, 3.8) is 0 Å². The number of nitrogens with zero attached hydrogens (tertiary/aromatic N) is 1. The summed E-state index contributed by atoms with van der Waals surface area (Å²) in [4.78, 5) is 2.33. The van der Waals surface area contributed by atoms with E-state index in [2.05, 4.69) is 49.9 Å². The van der Waals surface area contributed by atoms with Crippen LogP contribution < -0.4 is 0 Å². The van der Waals surface area contributed by atoms with E-state index in [-0.39, 0.29) is 11.6 Å². The zero-order valence-corrected chi connectivity index (χ0v) is 12.9. The number of aryl methyl sites for hydroxylation is 1. The minimum absolute atomic E-state index is 0.215. The summed E-state index contributed by atoms with van der Waals surface area (Å²) in [6.45, 7) is 9.75. The van der Waals surface area contributed by atoms with Crippen LogP contribution in [0.25, 0.3) is 0 Å². The van der Waals surface area contributed by atoms with Crippen LogP contribution in [0.5, 0.6) is 0 Å². The first-order valence-electron chi connectivity index (χ1n) is 7.62. The molecule has 1 aliphatic heterocycles. The third-order valence-electron chi connectivity index (χ3n) is 4.50. The van der Waals surface area contributed by atoms with E-state index >= 15 is 0 Å². The highest BCUT2D eigenvalue weighted by molar-refractivity contribution is 5.23. The van der Waals surface area contributed by atoms with Crippen LogP contribution in [0.2, 0.25) is 0 Å². The maximum atomic E-state index is 10.6. The van der Waals surface area contributed by atoms with Crippen molar-refractivity contribution in [3.8, 4) is 0 Å². The van der Waals surface area contributed by atoms with Gasteiger partial charge in [0.1, 0.15) is 0 Å². The molecule has 0 aliphatic carbocycles. The molecule has 112 valence electrons. The number of hydrogen-bond donors (Lipinski definition) is 1. The molecule has 1 aromatic rings. The van der Waals surface area contributed by atoms with Crippen molar-refractivity contribution in [1.82, 2.24) is 4.90 Å². The van der Waals surface area contributed by atoms with Gasteiger partial charge < -0.3 is 9.84 Å². The number of rotatable bonds is 5. The summed E-state index contributed by atoms with van der Waals surface area (Å²) in [6, 6.07) is 8.59. The lowest BCUT2D eigenvalue weighted by atomic mass is 9.89. The number of aliphatic hydroxyl groups excluding tert-OH is 1. The first kappa shape index (κ1) is 15.5. The summed E-state index contributed by atoms with van der Waals surface area (Å²) in [5.74, 6) is 0. The quantitative estimate of drug-likeness (QED) is 0.896. The van der Waals surface area contributed by atoms with Crippen molar-refractivity contribution >= 4 is 0 Å². The van der Waals surface area contributed by atoms with Crippen molar-refractivity contribution in [2.75, 3.05) is 26.3 Å². The van der Waals surface area contributed by atoms with Crippen LogP contribution in [-0.2, 0) is 17.6 Å². The third kappa shape index (κ3) is 3.60. The summed E-state index contributed by atoms with van der Waals surface area (Å²) in [5.41, 5.74) is 2.33. The second-order valence-electron chi connectivity index (χ2n) is 6.14. The van der Waals surface area contributed by atoms with Gasteiger partial charge >= 0.3 is 0 Å². The van der Waals surface area contributed by atoms with Crippen molar-refractivity contribution in [2.24, 2.45) is 0 Å². The lowest BCUT2D eigenvalue weighted by Gasteiger charge is -2.43. The van der Waals surface area contributed by atoms with Gasteiger partial charge in [-0.25, -0.2) is 0 Å². The van der Waals surface area contributed by atoms with Gasteiger partial charge in [0.15, 0.2) is 0 Å². The van der Waals surface area contributed by atoms with Crippen LogP contribution >= 0.6 is 0 Å². The minimum atomic E-state index is -0.368. The SMILES string of the molecule is CCc1ccc(CC(O)C(C)(C)N2CCOCC2)cc1. The van der Waals surface area contributed by atoms with Gasteiger partial charge in [-0.05, 0) is 31.4 Å². The average molecular weight is 277 g/mol. The minimum Gasteiger partial charge on any atom is -0.391 e. The average Bonchev–Trinajstić information content (AvgIpc) is 2.49. The van der Waals surface area contributed by atoms with E-state index in [0.29, 0.717) is 6.42 Å². The molecule has 3 heteroatoms. The fourth-order valence-electron chi connectivity index (χ4n) is 2.73. The van der Waals surface area contributed by atoms with Crippen molar-refractivity contribution in [1.29, 1.82) is 0 Å². The molecule has 3 nitrogen and oxygen atoms in total. The van der Waals surface area contributed by atoms with Crippen LogP contribution in [0.3, 0.4) is 0 Å². The van der Waals surface area contributed by atoms with Crippen molar-refractivity contribution in [3.05, 3.63) is 35.4 Å². The molecule has 0 amide bonds. The standard InChI is InChI=1S/C17H27NO2/c1-4-14-5-7-15(8-6-14)13-16(19)17(2,3)18-9-11-20-12-10-18/h5-8,16,19H,4,9-13H2,1-3H3. The molecule has 0 bridgehead atoms. The normalized spacial score (nSPS) is 19.0. The number of aliphatic hydroxyl groups is 1. The Balaban J connectivity index is 1.99. The van der Waals surface area contributed by atoms with Gasteiger partial charge in [0.25, 0.3) is 0 Å². The fourth-order valence-corrected chi connectivity index (χ4v) is 2.73. The van der Waals surface area contributed by atoms with Crippen LogP contribution in [-0.4, -0.2) is 48.0 Å². The fraction of sp³-hybridized carbons (Fsp3) is 0.647. The van der Waals surface area contributed by atoms with Gasteiger partial charge in [0.2, 0.25) is 0 Å². The highest BCUT2D eigenvalue weighted by Gasteiger charge is 2.35. The second-order valence-corrected chi connectivity index (χ2v) is 6.14. The Morgan fingerprint density at radius 1 is 1.15 bits per heavy atom. The predicted octanol–water partition coefficient (Wildman–Crippen LogP) is 2.26. The molecule has 1 heterocycles. The molecule has 1 aromatic carbocycles. The van der Waals surface area contributed by atoms with E-state index in [0.717, 1.165) is 32.7 Å². The molecule has 1 aliphatic rings.